The van der Waals surface area contributed by atoms with Crippen LogP contribution in [0.15, 0.2) is 0 Å². The highest BCUT2D eigenvalue weighted by atomic mass is 18.1. The summed E-state index contributed by atoms with van der Waals surface area (Å²) >= 11 is 0. The van der Waals surface area contributed by atoms with Crippen LogP contribution in [0.3, 0.4) is 0 Å². The average molecular weight is 220 g/mol. The number of carbonyl (C=O) groups is 2. The molecular formula is C12H23NO2. The van der Waals surface area contributed by atoms with Crippen molar-refractivity contribution in [3.8, 4) is 0 Å². The number of rotatable bonds is 5. The minimum atomic E-state index is -1.50. The van der Waals surface area contributed by atoms with E-state index in [0.29, 0.717) is 0 Å². The summed E-state index contributed by atoms with van der Waals surface area (Å²) in [5, 5.41) is 2.55. The predicted molar refractivity (Wildman–Crippen MR) is 61.5 cm³/mol. The summed E-state index contributed by atoms with van der Waals surface area (Å²) in [5.41, 5.74) is 0. The van der Waals surface area contributed by atoms with Gasteiger partial charge in [-0.25, -0.2) is 0 Å². The molecule has 0 aliphatic carbocycles. The Bertz CT molecular complexity index is 274. The topological polar surface area (TPSA) is 46.2 Å². The molecule has 1 atom stereocenters. The third-order valence-electron chi connectivity index (χ3n) is 2.15. The summed E-state index contributed by atoms with van der Waals surface area (Å²) in [4.78, 5) is 23.6. The molecule has 1 amide bonds. The molecule has 0 aromatic rings. The first-order chi connectivity index (χ1) is 7.12. The van der Waals surface area contributed by atoms with E-state index < -0.39 is 6.02 Å². The van der Waals surface area contributed by atoms with Gasteiger partial charge in [0.1, 0.15) is 0 Å². The van der Waals surface area contributed by atoms with Gasteiger partial charge in [0.05, 0.1) is 7.39 Å². The molecule has 0 bridgehead atoms. The summed E-state index contributed by atoms with van der Waals surface area (Å²) in [6, 6.07) is -1.50. The standard InChI is InChI=1S/C12H23NO2/c1-7(2)10(11(14)8(3)4)13-12(15)9(5)6/h7-10H,1-6H3,(H,13,15)/i10D,12+1,13+1,14+2,15+2. The zero-order valence-electron chi connectivity index (χ0n) is 11.5. The van der Waals surface area contributed by atoms with Crippen LogP contribution in [-0.2, 0) is 9.59 Å². The minimum absolute atomic E-state index is 0.219. The van der Waals surface area contributed by atoms with Crippen LogP contribution >= 0.6 is 0 Å². The Morgan fingerprint density at radius 3 is 1.73 bits per heavy atom. The Balaban J connectivity index is 4.99. The molecule has 88 valence electrons. The highest BCUT2D eigenvalue weighted by molar-refractivity contribution is 5.90. The van der Waals surface area contributed by atoms with E-state index in [4.69, 9.17) is 1.37 Å². The molecule has 0 aromatic heterocycles. The highest BCUT2D eigenvalue weighted by Gasteiger charge is 2.26. The molecule has 0 heterocycles. The lowest BCUT2D eigenvalue weighted by atomic mass is 9.95. The van der Waals surface area contributed by atoms with Gasteiger partial charge < -0.3 is 5.32 Å². The van der Waals surface area contributed by atoms with Crippen molar-refractivity contribution in [1.82, 2.24) is 5.32 Å². The monoisotopic (exact) mass is 220 g/mol. The molecule has 15 heavy (non-hydrogen) atoms. The Labute approximate surface area is 94.0 Å². The summed E-state index contributed by atoms with van der Waals surface area (Å²) < 4.78 is 8.15. The number of hydrogen-bond donors (Lipinski definition) is 1. The van der Waals surface area contributed by atoms with Crippen LogP contribution in [0, 0.1) is 17.8 Å². The molecule has 0 saturated heterocycles. The van der Waals surface area contributed by atoms with Crippen molar-refractivity contribution in [2.75, 3.05) is 0 Å². The van der Waals surface area contributed by atoms with E-state index in [1.54, 1.807) is 41.5 Å². The molecule has 0 radical (unpaired) electrons. The summed E-state index contributed by atoms with van der Waals surface area (Å²) in [7, 11) is 0. The fourth-order valence-electron chi connectivity index (χ4n) is 1.08. The minimum Gasteiger partial charge on any atom is -0.346 e. The normalized spacial score (nSPS) is 16.5. The van der Waals surface area contributed by atoms with Crippen molar-refractivity contribution in [2.45, 2.75) is 47.6 Å². The van der Waals surface area contributed by atoms with Crippen molar-refractivity contribution in [3.63, 3.8) is 0 Å². The van der Waals surface area contributed by atoms with Crippen molar-refractivity contribution in [1.29, 1.82) is 0 Å². The molecule has 0 fully saturated rings. The molecule has 0 aliphatic heterocycles. The first-order valence-corrected chi connectivity index (χ1v) is 5.49. The third-order valence-corrected chi connectivity index (χ3v) is 2.15. The van der Waals surface area contributed by atoms with Crippen LogP contribution < -0.4 is 5.32 Å². The lowest BCUT2D eigenvalue weighted by molar-refractivity contribution is -0.131. The second kappa shape index (κ2) is 5.89. The van der Waals surface area contributed by atoms with Gasteiger partial charge in [-0.1, -0.05) is 41.5 Å². The van der Waals surface area contributed by atoms with Gasteiger partial charge in [0.2, 0.25) is 5.91 Å². The summed E-state index contributed by atoms with van der Waals surface area (Å²) in [5.74, 6) is -1.21. The van der Waals surface area contributed by atoms with Gasteiger partial charge in [0, 0.05) is 11.8 Å². The van der Waals surface area contributed by atoms with Gasteiger partial charge in [0.15, 0.2) is 5.78 Å². The first kappa shape index (κ1) is 12.2. The average Bonchev–Trinajstić information content (AvgIpc) is 2.15. The zero-order valence-corrected chi connectivity index (χ0v) is 10.5. The lowest BCUT2D eigenvalue weighted by Crippen LogP contribution is -2.47. The molecule has 0 aliphatic rings. The molecule has 3 nitrogen and oxygen atoms in total. The first-order valence-electron chi connectivity index (χ1n) is 5.99. The Kier molecular flexibility index (Phi) is 4.79. The Hall–Kier alpha value is -0.860. The quantitative estimate of drug-likeness (QED) is 0.437. The molecule has 0 spiro atoms. The number of ketones is 1. The molecule has 0 aromatic carbocycles. The van der Waals surface area contributed by atoms with E-state index in [1.165, 1.54) is 0 Å². The largest absolute Gasteiger partial charge is 0.346 e. The maximum absolute atomic E-state index is 12.0. The van der Waals surface area contributed by atoms with Crippen molar-refractivity contribution in [3.05, 3.63) is 0 Å². The van der Waals surface area contributed by atoms with Gasteiger partial charge in [-0.15, -0.1) is 0 Å². The number of nitrogens with one attached hydrogen (secondary N) is 1. The van der Waals surface area contributed by atoms with Crippen molar-refractivity contribution in [2.24, 2.45) is 17.8 Å². The molecule has 3 heteroatoms. The smallest absolute Gasteiger partial charge is 0.223 e. The van der Waals surface area contributed by atoms with Crippen molar-refractivity contribution >= 4 is 11.7 Å². The van der Waals surface area contributed by atoms with E-state index in [-0.39, 0.29) is 29.4 Å². The molecule has 1 N–H and O–H groups in total. The van der Waals surface area contributed by atoms with Gasteiger partial charge in [-0.3, -0.25) is 9.59 Å². The predicted octanol–water partition coefficient (Wildman–Crippen LogP) is 2.01. The number of Topliss-reactive ketones (excluding diaryl/α,β-unsaturated/α-hetero) is 1. The second-order valence-electron chi connectivity index (χ2n) is 4.73. The van der Waals surface area contributed by atoms with Crippen LogP contribution in [0.25, 0.3) is 0 Å². The summed E-state index contributed by atoms with van der Waals surface area (Å²) in [6.07, 6.45) is 0. The maximum Gasteiger partial charge on any atom is 0.223 e. The second-order valence-corrected chi connectivity index (χ2v) is 4.73. The van der Waals surface area contributed by atoms with Crippen LogP contribution in [0.5, 0.6) is 0 Å². The van der Waals surface area contributed by atoms with Gasteiger partial charge in [0.25, 0.3) is 0 Å². The fraction of sp³-hybridized carbons (Fsp3) is 0.833. The van der Waals surface area contributed by atoms with Crippen LogP contribution in [0.4, 0.5) is 0 Å². The van der Waals surface area contributed by atoms with E-state index in [2.05, 4.69) is 5.32 Å². The highest BCUT2D eigenvalue weighted by Crippen LogP contribution is 2.10. The van der Waals surface area contributed by atoms with Gasteiger partial charge in [-0.2, -0.15) is 0 Å². The molecule has 0 saturated carbocycles. The molecule has 0 rings (SSSR count). The van der Waals surface area contributed by atoms with Gasteiger partial charge in [-0.05, 0) is 5.92 Å². The number of carbonyl (C=O) groups excluding carboxylic acids is 2. The fourth-order valence-corrected chi connectivity index (χ4v) is 1.08. The summed E-state index contributed by atoms with van der Waals surface area (Å²) in [6.45, 7) is 10.5. The Morgan fingerprint density at radius 1 is 1.00 bits per heavy atom. The van der Waals surface area contributed by atoms with E-state index in [0.717, 1.165) is 0 Å². The Morgan fingerprint density at radius 2 is 1.47 bits per heavy atom. The van der Waals surface area contributed by atoms with Crippen LogP contribution in [-0.4, -0.2) is 17.7 Å². The SMILES string of the molecule is [2H]C([15NH][13C](=[18O])C(C)C)(C(=[18O])C(C)C)C(C)C. The zero-order chi connectivity index (χ0) is 13.1. The molecular weight excluding hydrogens is 196 g/mol. The van der Waals surface area contributed by atoms with Crippen LogP contribution in [0.2, 0.25) is 0 Å². The number of hydrogen-bond acceptors (Lipinski definition) is 2. The third kappa shape index (κ3) is 4.45. The maximum atomic E-state index is 12.0. The van der Waals surface area contributed by atoms with Crippen LogP contribution in [0.1, 0.15) is 42.9 Å². The number of amides is 1. The lowest BCUT2D eigenvalue weighted by Gasteiger charge is -2.23. The van der Waals surface area contributed by atoms with E-state index >= 15 is 0 Å². The van der Waals surface area contributed by atoms with Crippen molar-refractivity contribution < 1.29 is 11.0 Å². The van der Waals surface area contributed by atoms with E-state index in [9.17, 15) is 9.59 Å². The van der Waals surface area contributed by atoms with E-state index in [1.807, 2.05) is 0 Å². The molecule has 1 unspecified atom stereocenters. The van der Waals surface area contributed by atoms with Gasteiger partial charge >= 0.3 is 0 Å².